The standard InChI is InChI=1S/C24H30N6O.HI/c1-17-10-11-20(22(12-17)31-21-8-3-4-9-21)15-27-24(25-2)26-14-18-6-5-7-19(13-18)23-28-16-29-30-23;/h5-7,10-13,16,21H,3-4,8-9,14-15H2,1-2H3,(H2,25,26,27)(H,28,29,30);1H. The van der Waals surface area contributed by atoms with Gasteiger partial charge in [0.25, 0.3) is 0 Å². The third-order valence-electron chi connectivity index (χ3n) is 5.56. The minimum atomic E-state index is 0. The van der Waals surface area contributed by atoms with Crippen LogP contribution in [0.25, 0.3) is 11.4 Å². The van der Waals surface area contributed by atoms with Gasteiger partial charge in [-0.1, -0.05) is 30.3 Å². The molecular weight excluding hydrogens is 515 g/mol. The Kier molecular flexibility index (Phi) is 8.90. The van der Waals surface area contributed by atoms with Crippen LogP contribution in [0.3, 0.4) is 0 Å². The van der Waals surface area contributed by atoms with Crippen LogP contribution < -0.4 is 15.4 Å². The summed E-state index contributed by atoms with van der Waals surface area (Å²) in [6.07, 6.45) is 6.68. The number of aromatic amines is 1. The largest absolute Gasteiger partial charge is 0.490 e. The van der Waals surface area contributed by atoms with E-state index in [1.54, 1.807) is 7.05 Å². The summed E-state index contributed by atoms with van der Waals surface area (Å²) in [6, 6.07) is 14.6. The zero-order chi connectivity index (χ0) is 21.5. The molecule has 1 heterocycles. The van der Waals surface area contributed by atoms with Gasteiger partial charge in [0.2, 0.25) is 0 Å². The van der Waals surface area contributed by atoms with Crippen molar-refractivity contribution in [1.29, 1.82) is 0 Å². The summed E-state index contributed by atoms with van der Waals surface area (Å²) in [7, 11) is 1.78. The Morgan fingerprint density at radius 2 is 1.94 bits per heavy atom. The molecule has 4 rings (SSSR count). The molecule has 0 unspecified atom stereocenters. The number of rotatable bonds is 7. The monoisotopic (exact) mass is 546 g/mol. The van der Waals surface area contributed by atoms with E-state index in [0.717, 1.165) is 47.1 Å². The number of aryl methyl sites for hydroxylation is 1. The van der Waals surface area contributed by atoms with E-state index >= 15 is 0 Å². The molecule has 1 aromatic heterocycles. The maximum atomic E-state index is 6.32. The number of guanidine groups is 1. The van der Waals surface area contributed by atoms with Gasteiger partial charge in [0.1, 0.15) is 12.1 Å². The average Bonchev–Trinajstić information content (AvgIpc) is 3.50. The first-order valence-electron chi connectivity index (χ1n) is 10.9. The minimum Gasteiger partial charge on any atom is -0.490 e. The highest BCUT2D eigenvalue weighted by Crippen LogP contribution is 2.27. The third-order valence-corrected chi connectivity index (χ3v) is 5.56. The first-order valence-corrected chi connectivity index (χ1v) is 10.9. The van der Waals surface area contributed by atoms with E-state index < -0.39 is 0 Å². The van der Waals surface area contributed by atoms with E-state index in [0.29, 0.717) is 19.2 Å². The van der Waals surface area contributed by atoms with Crippen molar-refractivity contribution in [3.63, 3.8) is 0 Å². The molecule has 7 nitrogen and oxygen atoms in total. The highest BCUT2D eigenvalue weighted by atomic mass is 127. The van der Waals surface area contributed by atoms with Crippen LogP contribution >= 0.6 is 24.0 Å². The Morgan fingerprint density at radius 1 is 1.12 bits per heavy atom. The van der Waals surface area contributed by atoms with Gasteiger partial charge in [-0.3, -0.25) is 10.1 Å². The first kappa shape index (κ1) is 24.0. The maximum absolute atomic E-state index is 6.32. The minimum absolute atomic E-state index is 0. The molecule has 8 heteroatoms. The lowest BCUT2D eigenvalue weighted by atomic mass is 10.1. The van der Waals surface area contributed by atoms with Crippen molar-refractivity contribution < 1.29 is 4.74 Å². The average molecular weight is 546 g/mol. The molecule has 0 spiro atoms. The molecule has 0 bridgehead atoms. The Labute approximate surface area is 206 Å². The van der Waals surface area contributed by atoms with E-state index in [2.05, 4.69) is 68.1 Å². The van der Waals surface area contributed by atoms with E-state index in [9.17, 15) is 0 Å². The number of benzene rings is 2. The fourth-order valence-electron chi connectivity index (χ4n) is 3.86. The van der Waals surface area contributed by atoms with Gasteiger partial charge in [-0.15, -0.1) is 24.0 Å². The quantitative estimate of drug-likeness (QED) is 0.230. The predicted octanol–water partition coefficient (Wildman–Crippen LogP) is 4.58. The Morgan fingerprint density at radius 3 is 2.69 bits per heavy atom. The van der Waals surface area contributed by atoms with Crippen LogP contribution in [-0.2, 0) is 13.1 Å². The van der Waals surface area contributed by atoms with Crippen molar-refractivity contribution in [2.45, 2.75) is 51.8 Å². The molecule has 1 saturated carbocycles. The number of hydrogen-bond donors (Lipinski definition) is 3. The number of nitrogens with one attached hydrogen (secondary N) is 3. The summed E-state index contributed by atoms with van der Waals surface area (Å²) >= 11 is 0. The number of halogens is 1. The normalized spacial score (nSPS) is 14.1. The topological polar surface area (TPSA) is 87.2 Å². The second-order valence-electron chi connectivity index (χ2n) is 7.95. The summed E-state index contributed by atoms with van der Waals surface area (Å²) in [5.74, 6) is 2.49. The highest BCUT2D eigenvalue weighted by molar-refractivity contribution is 14.0. The van der Waals surface area contributed by atoms with Gasteiger partial charge in [-0.2, -0.15) is 5.10 Å². The maximum Gasteiger partial charge on any atom is 0.191 e. The van der Waals surface area contributed by atoms with Crippen molar-refractivity contribution in [2.75, 3.05) is 7.05 Å². The summed E-state index contributed by atoms with van der Waals surface area (Å²) in [6.45, 7) is 3.41. The summed E-state index contributed by atoms with van der Waals surface area (Å²) in [5, 5.41) is 13.6. The van der Waals surface area contributed by atoms with Crippen molar-refractivity contribution in [2.24, 2.45) is 4.99 Å². The van der Waals surface area contributed by atoms with Crippen LogP contribution in [0.15, 0.2) is 53.8 Å². The molecule has 2 aromatic carbocycles. The summed E-state index contributed by atoms with van der Waals surface area (Å²) in [5.41, 5.74) is 4.50. The van der Waals surface area contributed by atoms with Gasteiger partial charge in [0.05, 0.1) is 6.10 Å². The van der Waals surface area contributed by atoms with Gasteiger partial charge in [-0.25, -0.2) is 4.98 Å². The predicted molar refractivity (Wildman–Crippen MR) is 138 cm³/mol. The van der Waals surface area contributed by atoms with Crippen LogP contribution in [0.5, 0.6) is 5.75 Å². The molecule has 0 saturated heterocycles. The molecule has 0 amide bonds. The third kappa shape index (κ3) is 6.44. The van der Waals surface area contributed by atoms with Crippen molar-refractivity contribution >= 4 is 29.9 Å². The zero-order valence-corrected chi connectivity index (χ0v) is 20.9. The summed E-state index contributed by atoms with van der Waals surface area (Å²) in [4.78, 5) is 8.58. The van der Waals surface area contributed by atoms with E-state index in [1.807, 2.05) is 12.1 Å². The second kappa shape index (κ2) is 11.8. The molecule has 3 N–H and O–H groups in total. The molecule has 1 fully saturated rings. The molecule has 170 valence electrons. The highest BCUT2D eigenvalue weighted by Gasteiger charge is 2.18. The fraction of sp³-hybridized carbons (Fsp3) is 0.375. The van der Waals surface area contributed by atoms with Crippen LogP contribution in [0.1, 0.15) is 42.4 Å². The number of aromatic nitrogens is 3. The number of ether oxygens (including phenoxy) is 1. The zero-order valence-electron chi connectivity index (χ0n) is 18.6. The number of aliphatic imine (C=N–C) groups is 1. The van der Waals surface area contributed by atoms with Crippen LogP contribution in [0.2, 0.25) is 0 Å². The lowest BCUT2D eigenvalue weighted by molar-refractivity contribution is 0.207. The molecule has 1 aliphatic rings. The van der Waals surface area contributed by atoms with Gasteiger partial charge in [-0.05, 0) is 55.9 Å². The molecule has 0 atom stereocenters. The molecule has 0 aliphatic heterocycles. The van der Waals surface area contributed by atoms with E-state index in [1.165, 1.54) is 24.7 Å². The van der Waals surface area contributed by atoms with Gasteiger partial charge >= 0.3 is 0 Å². The number of H-pyrrole nitrogens is 1. The lowest BCUT2D eigenvalue weighted by Gasteiger charge is -2.18. The summed E-state index contributed by atoms with van der Waals surface area (Å²) < 4.78 is 6.32. The SMILES string of the molecule is CN=C(NCc1cccc(-c2ncn[nH]2)c1)NCc1ccc(C)cc1OC1CCCC1.I. The Balaban J connectivity index is 0.00000289. The lowest BCUT2D eigenvalue weighted by Crippen LogP contribution is -2.36. The van der Waals surface area contributed by atoms with Crippen molar-refractivity contribution in [1.82, 2.24) is 25.8 Å². The Bertz CT molecular complexity index is 1020. The van der Waals surface area contributed by atoms with Crippen molar-refractivity contribution in [3.05, 3.63) is 65.5 Å². The smallest absolute Gasteiger partial charge is 0.191 e. The Hall–Kier alpha value is -2.62. The number of hydrogen-bond acceptors (Lipinski definition) is 4. The van der Waals surface area contributed by atoms with Crippen molar-refractivity contribution in [3.8, 4) is 17.1 Å². The second-order valence-corrected chi connectivity index (χ2v) is 7.95. The molecule has 3 aromatic rings. The van der Waals surface area contributed by atoms with Gasteiger partial charge < -0.3 is 15.4 Å². The van der Waals surface area contributed by atoms with Crippen LogP contribution in [0, 0.1) is 6.92 Å². The van der Waals surface area contributed by atoms with E-state index in [-0.39, 0.29) is 24.0 Å². The van der Waals surface area contributed by atoms with Gasteiger partial charge in [0.15, 0.2) is 11.8 Å². The van der Waals surface area contributed by atoms with Gasteiger partial charge in [0, 0.05) is 31.3 Å². The van der Waals surface area contributed by atoms with E-state index in [4.69, 9.17) is 4.74 Å². The molecule has 0 radical (unpaired) electrons. The van der Waals surface area contributed by atoms with Crippen LogP contribution in [0.4, 0.5) is 0 Å². The molecule has 1 aliphatic carbocycles. The molecule has 32 heavy (non-hydrogen) atoms. The number of nitrogens with zero attached hydrogens (tertiary/aromatic N) is 3. The molecular formula is C24H31IN6O. The fourth-order valence-corrected chi connectivity index (χ4v) is 3.86. The first-order chi connectivity index (χ1) is 15.2. The van der Waals surface area contributed by atoms with Crippen LogP contribution in [-0.4, -0.2) is 34.3 Å².